The average Bonchev–Trinajstić information content (AvgIpc) is 1.27. The zero-order valence-corrected chi connectivity index (χ0v) is 4.23. The highest BCUT2D eigenvalue weighted by atomic mass is 19.0. The molecule has 0 rings (SSSR count). The van der Waals surface area contributed by atoms with Gasteiger partial charge in [0.25, 0.3) is 0 Å². The number of carboxylic acids is 2. The average molecular weight is 144 g/mol. The Morgan fingerprint density at radius 2 is 1.22 bits per heavy atom. The first kappa shape index (κ1) is 15.7. The van der Waals surface area contributed by atoms with Crippen molar-refractivity contribution in [3.63, 3.8) is 0 Å². The van der Waals surface area contributed by atoms with Crippen molar-refractivity contribution in [2.75, 3.05) is 0 Å². The summed E-state index contributed by atoms with van der Waals surface area (Å²) in [5.74, 6) is -2.62. The highest BCUT2D eigenvalue weighted by Crippen LogP contribution is 1.74. The first-order chi connectivity index (χ1) is 3.13. The Kier molecular flexibility index (Phi) is 11.8. The first-order valence-electron chi connectivity index (χ1n) is 1.56. The van der Waals surface area contributed by atoms with E-state index in [0.29, 0.717) is 0 Å². The third-order valence-electron chi connectivity index (χ3n) is 0.302. The summed E-state index contributed by atoms with van der Waals surface area (Å²) in [4.78, 5) is 18.9. The van der Waals surface area contributed by atoms with E-state index in [2.05, 4.69) is 0 Å². The molecule has 56 valence electrons. The van der Waals surface area contributed by atoms with Gasteiger partial charge in [-0.25, -0.2) is 0 Å². The maximum absolute atomic E-state index is 9.43. The van der Waals surface area contributed by atoms with Crippen LogP contribution in [0.4, 0.5) is 9.41 Å². The van der Waals surface area contributed by atoms with Gasteiger partial charge in [0, 0.05) is 0 Å². The number of hydrogen-bond acceptors (Lipinski definition) is 2. The minimum atomic E-state index is -1.31. The summed E-state index contributed by atoms with van der Waals surface area (Å²) in [5.41, 5.74) is 0. The number of halogens is 2. The van der Waals surface area contributed by atoms with Gasteiger partial charge in [-0.05, 0) is 0 Å². The molecule has 0 spiro atoms. The second-order valence-electron chi connectivity index (χ2n) is 0.964. The molecule has 6 heteroatoms. The Bertz CT molecular complexity index is 90.0. The summed E-state index contributed by atoms with van der Waals surface area (Å²) < 4.78 is 0. The molecule has 4 nitrogen and oxygen atoms in total. The van der Waals surface area contributed by atoms with E-state index in [9.17, 15) is 9.59 Å². The van der Waals surface area contributed by atoms with Gasteiger partial charge < -0.3 is 10.2 Å². The second kappa shape index (κ2) is 6.80. The Labute approximate surface area is 48.8 Å². The lowest BCUT2D eigenvalue weighted by atomic mass is 10.5. The normalized spacial score (nSPS) is 6.22. The van der Waals surface area contributed by atoms with Gasteiger partial charge in [0.1, 0.15) is 6.42 Å². The van der Waals surface area contributed by atoms with Crippen LogP contribution in [-0.2, 0) is 9.59 Å². The Balaban J connectivity index is -0.000000180. The van der Waals surface area contributed by atoms with Crippen LogP contribution in [0.3, 0.4) is 0 Å². The molecule has 0 heterocycles. The van der Waals surface area contributed by atoms with Crippen molar-refractivity contribution in [2.24, 2.45) is 0 Å². The maximum Gasteiger partial charge on any atom is 0.314 e. The monoisotopic (exact) mass is 144 g/mol. The largest absolute Gasteiger partial charge is 0.481 e. The zero-order chi connectivity index (χ0) is 5.86. The lowest BCUT2D eigenvalue weighted by Gasteiger charge is -1.80. The van der Waals surface area contributed by atoms with E-state index in [0.717, 1.165) is 0 Å². The fraction of sp³-hybridized carbons (Fsp3) is 0.333. The van der Waals surface area contributed by atoms with E-state index in [4.69, 9.17) is 10.2 Å². The number of rotatable bonds is 2. The Morgan fingerprint density at radius 3 is 1.22 bits per heavy atom. The molecule has 9 heavy (non-hydrogen) atoms. The lowest BCUT2D eigenvalue weighted by molar-refractivity contribution is -0.147. The van der Waals surface area contributed by atoms with E-state index < -0.39 is 18.4 Å². The summed E-state index contributed by atoms with van der Waals surface area (Å²) in [6.45, 7) is 0. The standard InChI is InChI=1S/C3H4O4.2FH/c4-2(5)1-3(6)7;;/h1H2,(H,4,5)(H,6,7);2*1H. The smallest absolute Gasteiger partial charge is 0.314 e. The minimum Gasteiger partial charge on any atom is -0.481 e. The highest BCUT2D eigenvalue weighted by molar-refractivity contribution is 5.88. The van der Waals surface area contributed by atoms with Gasteiger partial charge >= 0.3 is 11.9 Å². The van der Waals surface area contributed by atoms with Gasteiger partial charge in [-0.3, -0.25) is 19.0 Å². The molecular formula is C3H6F2O4. The SMILES string of the molecule is F.F.O=C(O)CC(=O)O. The van der Waals surface area contributed by atoms with Crippen LogP contribution in [0, 0.1) is 0 Å². The van der Waals surface area contributed by atoms with Crippen LogP contribution >= 0.6 is 0 Å². The van der Waals surface area contributed by atoms with Crippen molar-refractivity contribution < 1.29 is 29.2 Å². The fourth-order valence-corrected chi connectivity index (χ4v) is 0.129. The van der Waals surface area contributed by atoms with Crippen LogP contribution < -0.4 is 0 Å². The highest BCUT2D eigenvalue weighted by Gasteiger charge is 2.01. The summed E-state index contributed by atoms with van der Waals surface area (Å²) in [6, 6.07) is 0. The molecular weight excluding hydrogens is 138 g/mol. The summed E-state index contributed by atoms with van der Waals surface area (Å²) >= 11 is 0. The number of hydrogen-bond donors (Lipinski definition) is 2. The van der Waals surface area contributed by atoms with Crippen molar-refractivity contribution in [1.82, 2.24) is 0 Å². The van der Waals surface area contributed by atoms with Gasteiger partial charge in [0.05, 0.1) is 0 Å². The molecule has 0 aromatic heterocycles. The molecule has 0 amide bonds. The van der Waals surface area contributed by atoms with Gasteiger partial charge in [0.2, 0.25) is 0 Å². The number of carboxylic acid groups (broad SMARTS) is 2. The molecule has 0 saturated heterocycles. The first-order valence-corrected chi connectivity index (χ1v) is 1.56. The fourth-order valence-electron chi connectivity index (χ4n) is 0.129. The van der Waals surface area contributed by atoms with E-state index in [1.165, 1.54) is 0 Å². The van der Waals surface area contributed by atoms with Gasteiger partial charge in [-0.15, -0.1) is 0 Å². The Hall–Kier alpha value is -1.20. The predicted octanol–water partition coefficient (Wildman–Crippen LogP) is -0.149. The van der Waals surface area contributed by atoms with Crippen molar-refractivity contribution >= 4 is 11.9 Å². The van der Waals surface area contributed by atoms with Crippen LogP contribution in [-0.4, -0.2) is 22.2 Å². The van der Waals surface area contributed by atoms with E-state index >= 15 is 0 Å². The zero-order valence-electron chi connectivity index (χ0n) is 4.23. The predicted molar refractivity (Wildman–Crippen MR) is 24.9 cm³/mol. The Morgan fingerprint density at radius 1 is 1.00 bits per heavy atom. The molecule has 0 saturated carbocycles. The van der Waals surface area contributed by atoms with Crippen molar-refractivity contribution in [3.8, 4) is 0 Å². The van der Waals surface area contributed by atoms with E-state index in [1.807, 2.05) is 0 Å². The second-order valence-corrected chi connectivity index (χ2v) is 0.964. The molecule has 0 aromatic rings. The van der Waals surface area contributed by atoms with Gasteiger partial charge in [0.15, 0.2) is 0 Å². The topological polar surface area (TPSA) is 74.6 Å². The third-order valence-corrected chi connectivity index (χ3v) is 0.302. The molecule has 0 bridgehead atoms. The summed E-state index contributed by atoms with van der Waals surface area (Å²) in [5, 5.41) is 15.4. The molecule has 0 aliphatic carbocycles. The quantitative estimate of drug-likeness (QED) is 0.528. The summed E-state index contributed by atoms with van der Waals surface area (Å²) in [6.07, 6.45) is -0.806. The number of aliphatic carboxylic acids is 2. The molecule has 0 aliphatic rings. The van der Waals surface area contributed by atoms with Crippen LogP contribution in [0.2, 0.25) is 0 Å². The maximum atomic E-state index is 9.43. The molecule has 0 unspecified atom stereocenters. The molecule has 0 aliphatic heterocycles. The van der Waals surface area contributed by atoms with Gasteiger partial charge in [-0.1, -0.05) is 0 Å². The third kappa shape index (κ3) is 20.0. The van der Waals surface area contributed by atoms with Crippen LogP contribution in [0.1, 0.15) is 6.42 Å². The van der Waals surface area contributed by atoms with Crippen LogP contribution in [0.5, 0.6) is 0 Å². The van der Waals surface area contributed by atoms with E-state index in [1.54, 1.807) is 0 Å². The lowest BCUT2D eigenvalue weighted by Crippen LogP contribution is -2.03. The van der Waals surface area contributed by atoms with E-state index in [-0.39, 0.29) is 9.41 Å². The van der Waals surface area contributed by atoms with Crippen LogP contribution in [0.15, 0.2) is 0 Å². The van der Waals surface area contributed by atoms with Crippen molar-refractivity contribution in [1.29, 1.82) is 0 Å². The molecule has 0 atom stereocenters. The molecule has 0 fully saturated rings. The van der Waals surface area contributed by atoms with Crippen LogP contribution in [0.25, 0.3) is 0 Å². The van der Waals surface area contributed by atoms with Gasteiger partial charge in [-0.2, -0.15) is 0 Å². The minimum absolute atomic E-state index is 0. The summed E-state index contributed by atoms with van der Waals surface area (Å²) in [7, 11) is 0. The van der Waals surface area contributed by atoms with Crippen molar-refractivity contribution in [2.45, 2.75) is 6.42 Å². The molecule has 0 radical (unpaired) electrons. The molecule has 0 aromatic carbocycles. The number of carbonyl (C=O) groups is 2. The molecule has 2 N–H and O–H groups in total. The van der Waals surface area contributed by atoms with Crippen molar-refractivity contribution in [3.05, 3.63) is 0 Å².